The second kappa shape index (κ2) is 7.88. The number of imidazole rings is 1. The lowest BCUT2D eigenvalue weighted by Crippen LogP contribution is -2.05. The summed E-state index contributed by atoms with van der Waals surface area (Å²) in [5.41, 5.74) is 2.03. The molecule has 0 bridgehead atoms. The van der Waals surface area contributed by atoms with Crippen LogP contribution in [0.1, 0.15) is 6.42 Å². The maximum absolute atomic E-state index is 6.03. The van der Waals surface area contributed by atoms with Gasteiger partial charge in [-0.15, -0.1) is 0 Å². The smallest absolute Gasteiger partial charge is 0.169 e. The number of fused-ring (bicyclic) bond motifs is 1. The molecule has 0 atom stereocenters. The molecule has 2 rings (SSSR count). The molecule has 0 aliphatic heterocycles. The SMILES string of the molecule is COCCCSc1nc2cc(Cl)ccc2n1CCOC. The molecule has 110 valence electrons. The van der Waals surface area contributed by atoms with E-state index in [9.17, 15) is 0 Å². The molecule has 20 heavy (non-hydrogen) atoms. The summed E-state index contributed by atoms with van der Waals surface area (Å²) in [7, 11) is 3.43. The first kappa shape index (κ1) is 15.6. The molecule has 0 unspecified atom stereocenters. The fourth-order valence-corrected chi connectivity index (χ4v) is 3.08. The van der Waals surface area contributed by atoms with Gasteiger partial charge in [0, 0.05) is 38.1 Å². The van der Waals surface area contributed by atoms with Crippen LogP contribution in [0.4, 0.5) is 0 Å². The molecular formula is C14H19ClN2O2S. The van der Waals surface area contributed by atoms with E-state index >= 15 is 0 Å². The Bertz CT molecular complexity index is 559. The summed E-state index contributed by atoms with van der Waals surface area (Å²) in [6, 6.07) is 5.81. The van der Waals surface area contributed by atoms with Crippen LogP contribution < -0.4 is 0 Å². The van der Waals surface area contributed by atoms with Crippen LogP contribution in [-0.4, -0.2) is 42.7 Å². The van der Waals surface area contributed by atoms with Crippen molar-refractivity contribution < 1.29 is 9.47 Å². The van der Waals surface area contributed by atoms with Crippen LogP contribution in [-0.2, 0) is 16.0 Å². The summed E-state index contributed by atoms with van der Waals surface area (Å²) < 4.78 is 12.4. The normalized spacial score (nSPS) is 11.3. The van der Waals surface area contributed by atoms with E-state index in [1.165, 1.54) is 0 Å². The first-order valence-electron chi connectivity index (χ1n) is 6.52. The van der Waals surface area contributed by atoms with Gasteiger partial charge in [0.15, 0.2) is 5.16 Å². The van der Waals surface area contributed by atoms with Crippen molar-refractivity contribution in [1.82, 2.24) is 9.55 Å². The van der Waals surface area contributed by atoms with E-state index in [1.807, 2.05) is 18.2 Å². The van der Waals surface area contributed by atoms with Crippen LogP contribution in [0.2, 0.25) is 5.02 Å². The third-order valence-electron chi connectivity index (χ3n) is 2.92. The Kier molecular flexibility index (Phi) is 6.16. The van der Waals surface area contributed by atoms with Gasteiger partial charge in [-0.2, -0.15) is 0 Å². The number of nitrogens with zero attached hydrogens (tertiary/aromatic N) is 2. The summed E-state index contributed by atoms with van der Waals surface area (Å²) in [5, 5.41) is 1.72. The van der Waals surface area contributed by atoms with Gasteiger partial charge in [-0.05, 0) is 24.6 Å². The van der Waals surface area contributed by atoms with Gasteiger partial charge >= 0.3 is 0 Å². The van der Waals surface area contributed by atoms with Crippen molar-refractivity contribution in [1.29, 1.82) is 0 Å². The molecule has 1 heterocycles. The Hall–Kier alpha value is -0.750. The predicted molar refractivity (Wildman–Crippen MR) is 83.8 cm³/mol. The van der Waals surface area contributed by atoms with Crippen molar-refractivity contribution in [2.75, 3.05) is 33.2 Å². The van der Waals surface area contributed by atoms with E-state index in [0.717, 1.165) is 41.5 Å². The zero-order chi connectivity index (χ0) is 14.4. The van der Waals surface area contributed by atoms with E-state index in [2.05, 4.69) is 9.55 Å². The second-order valence-electron chi connectivity index (χ2n) is 4.37. The highest BCUT2D eigenvalue weighted by Crippen LogP contribution is 2.26. The monoisotopic (exact) mass is 314 g/mol. The molecule has 0 fully saturated rings. The van der Waals surface area contributed by atoms with E-state index in [-0.39, 0.29) is 0 Å². The Morgan fingerprint density at radius 2 is 2.05 bits per heavy atom. The average Bonchev–Trinajstić information content (AvgIpc) is 2.78. The zero-order valence-corrected chi connectivity index (χ0v) is 13.3. The van der Waals surface area contributed by atoms with Crippen LogP contribution >= 0.6 is 23.4 Å². The molecule has 6 heteroatoms. The summed E-state index contributed by atoms with van der Waals surface area (Å²) in [4.78, 5) is 4.67. The Labute approximate surface area is 128 Å². The van der Waals surface area contributed by atoms with Crippen LogP contribution in [0.25, 0.3) is 11.0 Å². The Balaban J connectivity index is 2.21. The number of hydrogen-bond donors (Lipinski definition) is 0. The van der Waals surface area contributed by atoms with Crippen molar-refractivity contribution in [3.63, 3.8) is 0 Å². The maximum Gasteiger partial charge on any atom is 0.169 e. The second-order valence-corrected chi connectivity index (χ2v) is 5.87. The molecule has 0 N–H and O–H groups in total. The van der Waals surface area contributed by atoms with Crippen molar-refractivity contribution in [2.45, 2.75) is 18.1 Å². The summed E-state index contributed by atoms with van der Waals surface area (Å²) in [5.74, 6) is 0.984. The van der Waals surface area contributed by atoms with E-state index in [4.69, 9.17) is 21.1 Å². The van der Waals surface area contributed by atoms with Crippen LogP contribution in [0.5, 0.6) is 0 Å². The molecule has 0 amide bonds. The zero-order valence-electron chi connectivity index (χ0n) is 11.8. The molecule has 1 aromatic carbocycles. The van der Waals surface area contributed by atoms with Gasteiger partial charge in [0.2, 0.25) is 0 Å². The van der Waals surface area contributed by atoms with Crippen LogP contribution in [0.15, 0.2) is 23.4 Å². The molecule has 0 spiro atoms. The molecule has 0 saturated carbocycles. The van der Waals surface area contributed by atoms with Crippen molar-refractivity contribution >= 4 is 34.4 Å². The summed E-state index contributed by atoms with van der Waals surface area (Å²) in [6.07, 6.45) is 1.01. The first-order chi connectivity index (χ1) is 9.76. The van der Waals surface area contributed by atoms with Crippen molar-refractivity contribution in [2.24, 2.45) is 0 Å². The standard InChI is InChI=1S/C14H19ClN2O2S/c1-18-7-3-9-20-14-16-12-10-11(15)4-5-13(12)17(14)6-8-19-2/h4-5,10H,3,6-9H2,1-2H3. The molecule has 2 aromatic rings. The van der Waals surface area contributed by atoms with Crippen molar-refractivity contribution in [3.8, 4) is 0 Å². The minimum absolute atomic E-state index is 0.666. The lowest BCUT2D eigenvalue weighted by atomic mass is 10.3. The number of ether oxygens (including phenoxy) is 2. The van der Waals surface area contributed by atoms with Gasteiger partial charge in [-0.3, -0.25) is 0 Å². The van der Waals surface area contributed by atoms with Gasteiger partial charge in [0.05, 0.1) is 17.6 Å². The fraction of sp³-hybridized carbons (Fsp3) is 0.500. The Morgan fingerprint density at radius 1 is 1.25 bits per heavy atom. The fourth-order valence-electron chi connectivity index (χ4n) is 1.96. The van der Waals surface area contributed by atoms with Gasteiger partial charge in [0.1, 0.15) is 0 Å². The van der Waals surface area contributed by atoms with Crippen LogP contribution in [0.3, 0.4) is 0 Å². The van der Waals surface area contributed by atoms with E-state index < -0.39 is 0 Å². The average molecular weight is 315 g/mol. The highest BCUT2D eigenvalue weighted by Gasteiger charge is 2.11. The first-order valence-corrected chi connectivity index (χ1v) is 7.89. The molecule has 0 radical (unpaired) electrons. The van der Waals surface area contributed by atoms with Crippen molar-refractivity contribution in [3.05, 3.63) is 23.2 Å². The molecular weight excluding hydrogens is 296 g/mol. The molecule has 4 nitrogen and oxygen atoms in total. The number of rotatable bonds is 8. The number of benzene rings is 1. The lowest BCUT2D eigenvalue weighted by Gasteiger charge is -2.08. The summed E-state index contributed by atoms with van der Waals surface area (Å²) >= 11 is 7.78. The van der Waals surface area contributed by atoms with Gasteiger partial charge in [-0.1, -0.05) is 23.4 Å². The predicted octanol–water partition coefficient (Wildman–Crippen LogP) is 3.46. The number of thioether (sulfide) groups is 1. The minimum Gasteiger partial charge on any atom is -0.385 e. The third kappa shape index (κ3) is 3.88. The number of hydrogen-bond acceptors (Lipinski definition) is 4. The topological polar surface area (TPSA) is 36.3 Å². The maximum atomic E-state index is 6.03. The van der Waals surface area contributed by atoms with Gasteiger partial charge in [-0.25, -0.2) is 4.98 Å². The molecule has 0 aliphatic rings. The molecule has 1 aromatic heterocycles. The lowest BCUT2D eigenvalue weighted by molar-refractivity contribution is 0.186. The number of aromatic nitrogens is 2. The molecule has 0 aliphatic carbocycles. The van der Waals surface area contributed by atoms with Gasteiger partial charge in [0.25, 0.3) is 0 Å². The third-order valence-corrected chi connectivity index (χ3v) is 4.22. The molecule has 0 saturated heterocycles. The highest BCUT2D eigenvalue weighted by molar-refractivity contribution is 7.99. The minimum atomic E-state index is 0.666. The number of methoxy groups -OCH3 is 2. The number of halogens is 1. The van der Waals surface area contributed by atoms with Crippen LogP contribution in [0, 0.1) is 0 Å². The summed E-state index contributed by atoms with van der Waals surface area (Å²) in [6.45, 7) is 2.23. The quantitative estimate of drug-likeness (QED) is 0.552. The largest absolute Gasteiger partial charge is 0.385 e. The Morgan fingerprint density at radius 3 is 2.80 bits per heavy atom. The highest BCUT2D eigenvalue weighted by atomic mass is 35.5. The van der Waals surface area contributed by atoms with E-state index in [0.29, 0.717) is 11.6 Å². The van der Waals surface area contributed by atoms with Gasteiger partial charge < -0.3 is 14.0 Å². The van der Waals surface area contributed by atoms with E-state index in [1.54, 1.807) is 26.0 Å².